The molecule has 94 valence electrons. The van der Waals surface area contributed by atoms with E-state index in [2.05, 4.69) is 52.9 Å². The second-order valence-electron chi connectivity index (χ2n) is 4.44. The highest BCUT2D eigenvalue weighted by molar-refractivity contribution is 14.1. The SMILES string of the molecule is Nc1c(O)cccc1-c1ccc2cc(I)ccc2c1. The van der Waals surface area contributed by atoms with Gasteiger partial charge in [-0.1, -0.05) is 30.3 Å². The Labute approximate surface area is 125 Å². The minimum atomic E-state index is 0.125. The van der Waals surface area contributed by atoms with Crippen LogP contribution in [0.25, 0.3) is 21.9 Å². The molecule has 19 heavy (non-hydrogen) atoms. The predicted molar refractivity (Wildman–Crippen MR) is 88.2 cm³/mol. The number of para-hydroxylation sites is 1. The van der Waals surface area contributed by atoms with Crippen molar-refractivity contribution in [2.24, 2.45) is 0 Å². The molecule has 0 saturated heterocycles. The molecule has 3 rings (SSSR count). The number of hydrogen-bond donors (Lipinski definition) is 2. The first-order valence-electron chi connectivity index (χ1n) is 5.92. The summed E-state index contributed by atoms with van der Waals surface area (Å²) >= 11 is 2.30. The van der Waals surface area contributed by atoms with Crippen molar-refractivity contribution in [1.82, 2.24) is 0 Å². The Morgan fingerprint density at radius 3 is 2.47 bits per heavy atom. The summed E-state index contributed by atoms with van der Waals surface area (Å²) < 4.78 is 1.22. The van der Waals surface area contributed by atoms with E-state index >= 15 is 0 Å². The number of nitrogen functional groups attached to an aromatic ring is 1. The van der Waals surface area contributed by atoms with Gasteiger partial charge in [0.2, 0.25) is 0 Å². The zero-order valence-electron chi connectivity index (χ0n) is 10.1. The van der Waals surface area contributed by atoms with E-state index in [1.165, 1.54) is 14.3 Å². The number of halogens is 1. The number of anilines is 1. The lowest BCUT2D eigenvalue weighted by atomic mass is 10.00. The number of phenols is 1. The molecule has 0 amide bonds. The molecule has 0 atom stereocenters. The maximum atomic E-state index is 9.69. The molecule has 0 fully saturated rings. The molecule has 0 spiro atoms. The molecule has 2 nitrogen and oxygen atoms in total. The quantitative estimate of drug-likeness (QED) is 0.383. The van der Waals surface area contributed by atoms with Crippen molar-refractivity contribution < 1.29 is 5.11 Å². The zero-order chi connectivity index (χ0) is 13.4. The van der Waals surface area contributed by atoms with Crippen molar-refractivity contribution in [1.29, 1.82) is 0 Å². The molecule has 3 aromatic rings. The Kier molecular flexibility index (Phi) is 3.06. The van der Waals surface area contributed by atoms with Crippen molar-refractivity contribution in [3.05, 3.63) is 58.2 Å². The first kappa shape index (κ1) is 12.3. The van der Waals surface area contributed by atoms with Crippen LogP contribution in [0.3, 0.4) is 0 Å². The van der Waals surface area contributed by atoms with Crippen LogP contribution >= 0.6 is 22.6 Å². The van der Waals surface area contributed by atoms with Crippen LogP contribution in [0.15, 0.2) is 54.6 Å². The lowest BCUT2D eigenvalue weighted by Crippen LogP contribution is -1.90. The number of hydrogen-bond acceptors (Lipinski definition) is 2. The minimum absolute atomic E-state index is 0.125. The van der Waals surface area contributed by atoms with Gasteiger partial charge in [0, 0.05) is 9.13 Å². The van der Waals surface area contributed by atoms with Crippen molar-refractivity contribution in [2.45, 2.75) is 0 Å². The van der Waals surface area contributed by atoms with Crippen LogP contribution in [-0.2, 0) is 0 Å². The van der Waals surface area contributed by atoms with Crippen LogP contribution in [0.2, 0.25) is 0 Å². The average Bonchev–Trinajstić information content (AvgIpc) is 2.41. The van der Waals surface area contributed by atoms with Crippen LogP contribution < -0.4 is 5.73 Å². The molecule has 3 aromatic carbocycles. The Bertz CT molecular complexity index is 768. The lowest BCUT2D eigenvalue weighted by molar-refractivity contribution is 0.478. The number of aromatic hydroxyl groups is 1. The van der Waals surface area contributed by atoms with Gasteiger partial charge in [0.15, 0.2) is 0 Å². The highest BCUT2D eigenvalue weighted by Gasteiger charge is 2.06. The summed E-state index contributed by atoms with van der Waals surface area (Å²) in [6.45, 7) is 0. The van der Waals surface area contributed by atoms with Gasteiger partial charge in [0.25, 0.3) is 0 Å². The van der Waals surface area contributed by atoms with E-state index in [9.17, 15) is 5.11 Å². The third-order valence-corrected chi connectivity index (χ3v) is 3.87. The molecule has 0 heterocycles. The highest BCUT2D eigenvalue weighted by atomic mass is 127. The fourth-order valence-corrected chi connectivity index (χ4v) is 2.70. The summed E-state index contributed by atoms with van der Waals surface area (Å²) in [5, 5.41) is 12.1. The van der Waals surface area contributed by atoms with Gasteiger partial charge in [-0.2, -0.15) is 0 Å². The Morgan fingerprint density at radius 1 is 0.895 bits per heavy atom. The normalized spacial score (nSPS) is 10.8. The molecule has 0 radical (unpaired) electrons. The molecule has 0 unspecified atom stereocenters. The maximum Gasteiger partial charge on any atom is 0.139 e. The van der Waals surface area contributed by atoms with E-state index in [4.69, 9.17) is 5.73 Å². The fourth-order valence-electron chi connectivity index (χ4n) is 2.19. The van der Waals surface area contributed by atoms with Gasteiger partial charge in [-0.3, -0.25) is 0 Å². The van der Waals surface area contributed by atoms with Gasteiger partial charge in [-0.25, -0.2) is 0 Å². The maximum absolute atomic E-state index is 9.69. The van der Waals surface area contributed by atoms with Crippen LogP contribution in [0.1, 0.15) is 0 Å². The number of rotatable bonds is 1. The monoisotopic (exact) mass is 361 g/mol. The lowest BCUT2D eigenvalue weighted by Gasteiger charge is -2.08. The van der Waals surface area contributed by atoms with E-state index in [-0.39, 0.29) is 5.75 Å². The number of nitrogens with two attached hydrogens (primary N) is 1. The van der Waals surface area contributed by atoms with Crippen LogP contribution in [0.4, 0.5) is 5.69 Å². The largest absolute Gasteiger partial charge is 0.506 e. The summed E-state index contributed by atoms with van der Waals surface area (Å²) in [7, 11) is 0. The van der Waals surface area contributed by atoms with Gasteiger partial charge in [0.05, 0.1) is 5.69 Å². The van der Waals surface area contributed by atoms with Gasteiger partial charge < -0.3 is 10.8 Å². The first-order chi connectivity index (χ1) is 9.15. The van der Waals surface area contributed by atoms with Gasteiger partial charge in [-0.05, 0) is 63.2 Å². The molecule has 0 aliphatic rings. The molecule has 0 bridgehead atoms. The molecule has 0 saturated carbocycles. The second kappa shape index (κ2) is 4.74. The summed E-state index contributed by atoms with van der Waals surface area (Å²) in [5.41, 5.74) is 8.23. The Hall–Kier alpha value is -1.75. The van der Waals surface area contributed by atoms with Crippen molar-refractivity contribution in [3.63, 3.8) is 0 Å². The summed E-state index contributed by atoms with van der Waals surface area (Å²) in [6, 6.07) is 17.9. The number of phenolic OH excluding ortho intramolecular Hbond substituents is 1. The third-order valence-electron chi connectivity index (χ3n) is 3.20. The first-order valence-corrected chi connectivity index (χ1v) is 7.00. The molecule has 0 aliphatic carbocycles. The summed E-state index contributed by atoms with van der Waals surface area (Å²) in [5.74, 6) is 0.125. The van der Waals surface area contributed by atoms with Gasteiger partial charge in [0.1, 0.15) is 5.75 Å². The smallest absolute Gasteiger partial charge is 0.139 e. The van der Waals surface area contributed by atoms with E-state index in [1.54, 1.807) is 12.1 Å². The summed E-state index contributed by atoms with van der Waals surface area (Å²) in [6.07, 6.45) is 0. The molecular formula is C16H12INO. The molecule has 0 aromatic heterocycles. The molecule has 3 N–H and O–H groups in total. The van der Waals surface area contributed by atoms with Crippen LogP contribution in [-0.4, -0.2) is 5.11 Å². The average molecular weight is 361 g/mol. The molecular weight excluding hydrogens is 349 g/mol. The van der Waals surface area contributed by atoms with Gasteiger partial charge in [-0.15, -0.1) is 0 Å². The summed E-state index contributed by atoms with van der Waals surface area (Å²) in [4.78, 5) is 0. The Morgan fingerprint density at radius 2 is 1.63 bits per heavy atom. The van der Waals surface area contributed by atoms with Crippen molar-refractivity contribution >= 4 is 39.1 Å². The number of benzene rings is 3. The van der Waals surface area contributed by atoms with Crippen LogP contribution in [0.5, 0.6) is 5.75 Å². The van der Waals surface area contributed by atoms with E-state index in [0.717, 1.165) is 11.1 Å². The molecule has 0 aliphatic heterocycles. The highest BCUT2D eigenvalue weighted by Crippen LogP contribution is 2.33. The fraction of sp³-hybridized carbons (Fsp3) is 0. The number of fused-ring (bicyclic) bond motifs is 1. The zero-order valence-corrected chi connectivity index (χ0v) is 12.3. The van der Waals surface area contributed by atoms with E-state index in [1.807, 2.05) is 12.1 Å². The minimum Gasteiger partial charge on any atom is -0.506 e. The van der Waals surface area contributed by atoms with Gasteiger partial charge >= 0.3 is 0 Å². The standard InChI is InChI=1S/C16H12INO/c17-13-7-6-10-8-12(5-4-11(10)9-13)14-2-1-3-15(19)16(14)18/h1-9,19H,18H2. The van der Waals surface area contributed by atoms with E-state index in [0.29, 0.717) is 5.69 Å². The second-order valence-corrected chi connectivity index (χ2v) is 5.69. The third kappa shape index (κ3) is 2.26. The Balaban J connectivity index is 2.20. The van der Waals surface area contributed by atoms with Crippen molar-refractivity contribution in [3.8, 4) is 16.9 Å². The van der Waals surface area contributed by atoms with Crippen molar-refractivity contribution in [2.75, 3.05) is 5.73 Å². The molecule has 3 heteroatoms. The van der Waals surface area contributed by atoms with Crippen LogP contribution in [0, 0.1) is 3.57 Å². The predicted octanol–water partition coefficient (Wildman–Crippen LogP) is 4.40. The van der Waals surface area contributed by atoms with E-state index < -0.39 is 0 Å². The topological polar surface area (TPSA) is 46.2 Å².